The zero-order valence-corrected chi connectivity index (χ0v) is 17.9. The molecule has 152 valence electrons. The molecule has 6 nitrogen and oxygen atoms in total. The summed E-state index contributed by atoms with van der Waals surface area (Å²) in [5.41, 5.74) is 2.09. The number of carbonyl (C=O) groups is 1. The van der Waals surface area contributed by atoms with Crippen molar-refractivity contribution in [1.29, 1.82) is 0 Å². The molecule has 0 aliphatic rings. The zero-order chi connectivity index (χ0) is 20.6. The molecule has 0 saturated heterocycles. The molecule has 0 spiro atoms. The van der Waals surface area contributed by atoms with E-state index in [1.54, 1.807) is 12.4 Å². The van der Waals surface area contributed by atoms with E-state index in [0.717, 1.165) is 35.1 Å². The van der Waals surface area contributed by atoms with E-state index in [-0.39, 0.29) is 11.9 Å². The van der Waals surface area contributed by atoms with Crippen LogP contribution < -0.4 is 5.32 Å². The number of aromatic nitrogens is 4. The minimum Gasteiger partial charge on any atom is -0.348 e. The number of rotatable bonds is 9. The number of thioether (sulfide) groups is 1. The van der Waals surface area contributed by atoms with Crippen LogP contribution in [0.5, 0.6) is 0 Å². The van der Waals surface area contributed by atoms with E-state index in [2.05, 4.69) is 58.0 Å². The number of nitrogens with one attached hydrogen (secondary N) is 1. The number of benzene rings is 1. The van der Waals surface area contributed by atoms with Gasteiger partial charge in [0.15, 0.2) is 11.0 Å². The average Bonchev–Trinajstić information content (AvgIpc) is 3.14. The highest BCUT2D eigenvalue weighted by Crippen LogP contribution is 2.25. The van der Waals surface area contributed by atoms with Crippen molar-refractivity contribution >= 4 is 17.7 Å². The molecule has 1 N–H and O–H groups in total. The second-order valence-corrected chi connectivity index (χ2v) is 8.12. The quantitative estimate of drug-likeness (QED) is 0.532. The predicted molar refractivity (Wildman–Crippen MR) is 116 cm³/mol. The molecule has 1 atom stereocenters. The summed E-state index contributed by atoms with van der Waals surface area (Å²) in [5, 5.41) is 12.6. The molecule has 0 radical (unpaired) electrons. The smallest absolute Gasteiger partial charge is 0.230 e. The summed E-state index contributed by atoms with van der Waals surface area (Å²) >= 11 is 1.42. The van der Waals surface area contributed by atoms with Crippen molar-refractivity contribution in [2.75, 3.05) is 5.75 Å². The lowest BCUT2D eigenvalue weighted by Crippen LogP contribution is -2.33. The molecule has 1 aromatic carbocycles. The van der Waals surface area contributed by atoms with Gasteiger partial charge in [0, 0.05) is 24.5 Å². The van der Waals surface area contributed by atoms with E-state index in [4.69, 9.17) is 0 Å². The molecule has 0 aliphatic heterocycles. The van der Waals surface area contributed by atoms with Crippen molar-refractivity contribution in [2.24, 2.45) is 5.92 Å². The Morgan fingerprint density at radius 2 is 1.83 bits per heavy atom. The van der Waals surface area contributed by atoms with Crippen molar-refractivity contribution in [1.82, 2.24) is 25.1 Å². The minimum atomic E-state index is -0.00908. The van der Waals surface area contributed by atoms with Crippen LogP contribution in [-0.2, 0) is 11.3 Å². The van der Waals surface area contributed by atoms with E-state index in [1.807, 2.05) is 30.3 Å². The van der Waals surface area contributed by atoms with Gasteiger partial charge in [-0.25, -0.2) is 0 Å². The van der Waals surface area contributed by atoms with Gasteiger partial charge in [0.2, 0.25) is 5.91 Å². The fraction of sp³-hybridized carbons (Fsp3) is 0.364. The average molecular weight is 410 g/mol. The van der Waals surface area contributed by atoms with Crippen LogP contribution >= 0.6 is 11.8 Å². The lowest BCUT2D eigenvalue weighted by Gasteiger charge is -2.22. The van der Waals surface area contributed by atoms with Crippen LogP contribution in [-0.4, -0.2) is 31.4 Å². The highest BCUT2D eigenvalue weighted by molar-refractivity contribution is 7.99. The van der Waals surface area contributed by atoms with Gasteiger partial charge in [0.1, 0.15) is 0 Å². The second-order valence-electron chi connectivity index (χ2n) is 7.18. The van der Waals surface area contributed by atoms with Gasteiger partial charge in [-0.15, -0.1) is 10.2 Å². The van der Waals surface area contributed by atoms with Crippen LogP contribution in [0.15, 0.2) is 60.0 Å². The Morgan fingerprint density at radius 1 is 1.10 bits per heavy atom. The number of amides is 1. The van der Waals surface area contributed by atoms with E-state index in [9.17, 15) is 4.79 Å². The van der Waals surface area contributed by atoms with Crippen LogP contribution in [0, 0.1) is 5.92 Å². The highest BCUT2D eigenvalue weighted by Gasteiger charge is 2.20. The van der Waals surface area contributed by atoms with Crippen molar-refractivity contribution in [3.05, 3.63) is 60.4 Å². The Morgan fingerprint density at radius 3 is 2.48 bits per heavy atom. The van der Waals surface area contributed by atoms with Crippen LogP contribution in [0.3, 0.4) is 0 Å². The third-order valence-electron chi connectivity index (χ3n) is 4.58. The van der Waals surface area contributed by atoms with Crippen molar-refractivity contribution < 1.29 is 4.79 Å². The van der Waals surface area contributed by atoms with Gasteiger partial charge in [-0.05, 0) is 30.0 Å². The van der Waals surface area contributed by atoms with Crippen molar-refractivity contribution in [3.63, 3.8) is 0 Å². The van der Waals surface area contributed by atoms with Crippen molar-refractivity contribution in [2.45, 2.75) is 44.9 Å². The molecule has 1 unspecified atom stereocenters. The second kappa shape index (κ2) is 10.2. The topological polar surface area (TPSA) is 72.7 Å². The summed E-state index contributed by atoms with van der Waals surface area (Å²) < 4.78 is 2.07. The first-order chi connectivity index (χ1) is 14.1. The van der Waals surface area contributed by atoms with Crippen LogP contribution in [0.25, 0.3) is 11.4 Å². The molecule has 2 aromatic heterocycles. The third-order valence-corrected chi connectivity index (χ3v) is 5.54. The predicted octanol–water partition coefficient (Wildman–Crippen LogP) is 4.36. The number of hydrogen-bond acceptors (Lipinski definition) is 5. The summed E-state index contributed by atoms with van der Waals surface area (Å²) in [6.45, 7) is 7.14. The maximum atomic E-state index is 12.7. The SMILES string of the molecule is CCCn1c(SCC(=O)NC(c2ccccc2)C(C)C)nnc1-c1ccncc1. The fourth-order valence-electron chi connectivity index (χ4n) is 3.18. The first kappa shape index (κ1) is 21.0. The molecule has 3 rings (SSSR count). The maximum Gasteiger partial charge on any atom is 0.230 e. The fourth-order valence-corrected chi connectivity index (χ4v) is 3.95. The molecule has 7 heteroatoms. The Labute approximate surface area is 176 Å². The summed E-state index contributed by atoms with van der Waals surface area (Å²) in [6.07, 6.45) is 4.45. The molecule has 0 fully saturated rings. The molecule has 29 heavy (non-hydrogen) atoms. The van der Waals surface area contributed by atoms with E-state index in [0.29, 0.717) is 11.7 Å². The Hall–Kier alpha value is -2.67. The minimum absolute atomic E-state index is 0.00550. The molecule has 2 heterocycles. The van der Waals surface area contributed by atoms with E-state index >= 15 is 0 Å². The van der Waals surface area contributed by atoms with E-state index in [1.165, 1.54) is 11.8 Å². The molecule has 3 aromatic rings. The van der Waals surface area contributed by atoms with Gasteiger partial charge in [-0.1, -0.05) is 62.9 Å². The standard InChI is InChI=1S/C22H27N5OS/c1-4-14-27-21(18-10-12-23-13-11-18)25-26-22(27)29-15-19(28)24-20(16(2)3)17-8-6-5-7-9-17/h5-13,16,20H,4,14-15H2,1-3H3,(H,24,28). The summed E-state index contributed by atoms with van der Waals surface area (Å²) in [7, 11) is 0. The summed E-state index contributed by atoms with van der Waals surface area (Å²) in [5.74, 6) is 1.40. The molecule has 0 bridgehead atoms. The normalized spacial score (nSPS) is 12.1. The van der Waals surface area contributed by atoms with Crippen LogP contribution in [0.4, 0.5) is 0 Å². The first-order valence-electron chi connectivity index (χ1n) is 9.90. The van der Waals surface area contributed by atoms with Crippen LogP contribution in [0.2, 0.25) is 0 Å². The van der Waals surface area contributed by atoms with Crippen LogP contribution in [0.1, 0.15) is 38.8 Å². The maximum absolute atomic E-state index is 12.7. The monoisotopic (exact) mass is 409 g/mol. The highest BCUT2D eigenvalue weighted by atomic mass is 32.2. The Kier molecular flexibility index (Phi) is 7.41. The van der Waals surface area contributed by atoms with Gasteiger partial charge in [-0.3, -0.25) is 9.78 Å². The van der Waals surface area contributed by atoms with Gasteiger partial charge in [0.05, 0.1) is 11.8 Å². The lowest BCUT2D eigenvalue weighted by atomic mass is 9.96. The zero-order valence-electron chi connectivity index (χ0n) is 17.1. The first-order valence-corrected chi connectivity index (χ1v) is 10.9. The molecular weight excluding hydrogens is 382 g/mol. The number of pyridine rings is 1. The van der Waals surface area contributed by atoms with Gasteiger partial charge >= 0.3 is 0 Å². The largest absolute Gasteiger partial charge is 0.348 e. The number of carbonyl (C=O) groups excluding carboxylic acids is 1. The third kappa shape index (κ3) is 5.44. The Balaban J connectivity index is 1.69. The molecule has 0 aliphatic carbocycles. The van der Waals surface area contributed by atoms with Gasteiger partial charge in [0.25, 0.3) is 0 Å². The lowest BCUT2D eigenvalue weighted by molar-refractivity contribution is -0.119. The van der Waals surface area contributed by atoms with Gasteiger partial charge < -0.3 is 9.88 Å². The Bertz CT molecular complexity index is 911. The van der Waals surface area contributed by atoms with E-state index < -0.39 is 0 Å². The van der Waals surface area contributed by atoms with Gasteiger partial charge in [-0.2, -0.15) is 0 Å². The molecular formula is C22H27N5OS. The molecule has 0 saturated carbocycles. The summed E-state index contributed by atoms with van der Waals surface area (Å²) in [6, 6.07) is 13.9. The summed E-state index contributed by atoms with van der Waals surface area (Å²) in [4.78, 5) is 16.7. The molecule has 1 amide bonds. The van der Waals surface area contributed by atoms with Crippen molar-refractivity contribution in [3.8, 4) is 11.4 Å². The number of hydrogen-bond donors (Lipinski definition) is 1. The number of nitrogens with zero attached hydrogens (tertiary/aromatic N) is 4.